The van der Waals surface area contributed by atoms with Gasteiger partial charge in [-0.3, -0.25) is 0 Å². The van der Waals surface area contributed by atoms with Crippen LogP contribution in [0.1, 0.15) is 11.1 Å². The van der Waals surface area contributed by atoms with Gasteiger partial charge in [0.2, 0.25) is 0 Å². The van der Waals surface area contributed by atoms with Gasteiger partial charge in [-0.1, -0.05) is 41.9 Å². The molecule has 0 saturated carbocycles. The van der Waals surface area contributed by atoms with Crippen molar-refractivity contribution >= 4 is 29.1 Å². The molecule has 0 aromatic heterocycles. The Morgan fingerprint density at radius 1 is 0.941 bits per heavy atom. The molecule has 2 aromatic rings. The Kier molecular flexibility index (Phi) is 4.35. The van der Waals surface area contributed by atoms with Gasteiger partial charge in [0.05, 0.1) is 0 Å². The Hall–Kier alpha value is -1.12. The summed E-state index contributed by atoms with van der Waals surface area (Å²) in [6.45, 7) is 0. The lowest BCUT2D eigenvalue weighted by atomic mass is 10.2. The largest absolute Gasteiger partial charge is 0.399 e. The molecule has 0 fully saturated rings. The van der Waals surface area contributed by atoms with Crippen LogP contribution in [0.15, 0.2) is 48.5 Å². The second-order valence-electron chi connectivity index (χ2n) is 3.83. The number of hydrogen-bond acceptors (Lipinski definition) is 2. The van der Waals surface area contributed by atoms with Crippen LogP contribution in [-0.2, 0) is 11.5 Å². The molecule has 1 nitrogen and oxygen atoms in total. The summed E-state index contributed by atoms with van der Waals surface area (Å²) < 4.78 is 0. The van der Waals surface area contributed by atoms with Gasteiger partial charge in [-0.2, -0.15) is 11.8 Å². The van der Waals surface area contributed by atoms with Crippen LogP contribution in [0, 0.1) is 0 Å². The molecule has 3 heteroatoms. The summed E-state index contributed by atoms with van der Waals surface area (Å²) >= 11 is 7.95. The Labute approximate surface area is 111 Å². The molecule has 17 heavy (non-hydrogen) atoms. The standard InChI is InChI=1S/C14H14ClNS/c15-14-4-2-1-3-12(14)10-17-9-11-5-7-13(16)8-6-11/h1-8H,9-10,16H2. The van der Waals surface area contributed by atoms with Crippen LogP contribution in [0.3, 0.4) is 0 Å². The van der Waals surface area contributed by atoms with Crippen LogP contribution in [-0.4, -0.2) is 0 Å². The Bertz CT molecular complexity index is 482. The first kappa shape index (κ1) is 12.3. The van der Waals surface area contributed by atoms with E-state index in [0.29, 0.717) is 0 Å². The molecular formula is C14H14ClNS. The van der Waals surface area contributed by atoms with Gasteiger partial charge >= 0.3 is 0 Å². The topological polar surface area (TPSA) is 26.0 Å². The second-order valence-corrected chi connectivity index (χ2v) is 5.22. The highest BCUT2D eigenvalue weighted by atomic mass is 35.5. The van der Waals surface area contributed by atoms with Gasteiger partial charge in [-0.25, -0.2) is 0 Å². The highest BCUT2D eigenvalue weighted by molar-refractivity contribution is 7.97. The van der Waals surface area contributed by atoms with E-state index in [1.165, 1.54) is 11.1 Å². The predicted octanol–water partition coefficient (Wildman–Crippen LogP) is 4.36. The lowest BCUT2D eigenvalue weighted by Crippen LogP contribution is -1.87. The summed E-state index contributed by atoms with van der Waals surface area (Å²) in [5.41, 5.74) is 8.93. The highest BCUT2D eigenvalue weighted by Crippen LogP contribution is 2.23. The summed E-state index contributed by atoms with van der Waals surface area (Å²) in [6.07, 6.45) is 0. The summed E-state index contributed by atoms with van der Waals surface area (Å²) in [4.78, 5) is 0. The molecule has 2 rings (SSSR count). The van der Waals surface area contributed by atoms with Crippen molar-refractivity contribution in [2.75, 3.05) is 5.73 Å². The number of rotatable bonds is 4. The molecule has 88 valence electrons. The molecular weight excluding hydrogens is 250 g/mol. The number of benzene rings is 2. The van der Waals surface area contributed by atoms with Crippen molar-refractivity contribution in [3.05, 3.63) is 64.7 Å². The SMILES string of the molecule is Nc1ccc(CSCc2ccccc2Cl)cc1. The van der Waals surface area contributed by atoms with Crippen molar-refractivity contribution in [3.8, 4) is 0 Å². The molecule has 2 N–H and O–H groups in total. The summed E-state index contributed by atoms with van der Waals surface area (Å²) in [6, 6.07) is 16.0. The first-order valence-corrected chi connectivity index (χ1v) is 6.94. The minimum atomic E-state index is 0.810. The van der Waals surface area contributed by atoms with E-state index in [9.17, 15) is 0 Å². The van der Waals surface area contributed by atoms with Gasteiger partial charge in [0.25, 0.3) is 0 Å². The fraction of sp³-hybridized carbons (Fsp3) is 0.143. The third-order valence-electron chi connectivity index (χ3n) is 2.46. The van der Waals surface area contributed by atoms with Crippen LogP contribution in [0.2, 0.25) is 5.02 Å². The predicted molar refractivity (Wildman–Crippen MR) is 77.3 cm³/mol. The van der Waals surface area contributed by atoms with Gasteiger partial charge in [0, 0.05) is 22.2 Å². The number of thioether (sulfide) groups is 1. The quantitative estimate of drug-likeness (QED) is 0.830. The van der Waals surface area contributed by atoms with Crippen LogP contribution >= 0.6 is 23.4 Å². The van der Waals surface area contributed by atoms with E-state index in [1.807, 2.05) is 42.1 Å². The van der Waals surface area contributed by atoms with Crippen molar-refractivity contribution in [1.82, 2.24) is 0 Å². The van der Waals surface area contributed by atoms with Crippen molar-refractivity contribution in [1.29, 1.82) is 0 Å². The molecule has 0 radical (unpaired) electrons. The lowest BCUT2D eigenvalue weighted by molar-refractivity contribution is 1.36. The Balaban J connectivity index is 1.88. The number of anilines is 1. The first-order chi connectivity index (χ1) is 8.25. The zero-order chi connectivity index (χ0) is 12.1. The molecule has 0 amide bonds. The third kappa shape index (κ3) is 3.69. The number of halogens is 1. The van der Waals surface area contributed by atoms with Gasteiger partial charge in [0.15, 0.2) is 0 Å². The van der Waals surface area contributed by atoms with Gasteiger partial charge in [0.1, 0.15) is 0 Å². The molecule has 0 aliphatic carbocycles. The van der Waals surface area contributed by atoms with Crippen molar-refractivity contribution in [2.45, 2.75) is 11.5 Å². The molecule has 0 unspecified atom stereocenters. The van der Waals surface area contributed by atoms with E-state index >= 15 is 0 Å². The fourth-order valence-corrected chi connectivity index (χ4v) is 2.79. The van der Waals surface area contributed by atoms with Crippen LogP contribution in [0.25, 0.3) is 0 Å². The normalized spacial score (nSPS) is 10.4. The number of nitrogens with two attached hydrogens (primary N) is 1. The van der Waals surface area contributed by atoms with Gasteiger partial charge in [-0.15, -0.1) is 0 Å². The number of hydrogen-bond donors (Lipinski definition) is 1. The van der Waals surface area contributed by atoms with E-state index in [2.05, 4.69) is 18.2 Å². The van der Waals surface area contributed by atoms with E-state index in [-0.39, 0.29) is 0 Å². The van der Waals surface area contributed by atoms with Gasteiger partial charge in [-0.05, 0) is 29.3 Å². The third-order valence-corrected chi connectivity index (χ3v) is 3.89. The Morgan fingerprint density at radius 2 is 1.65 bits per heavy atom. The first-order valence-electron chi connectivity index (χ1n) is 5.41. The molecule has 0 saturated heterocycles. The van der Waals surface area contributed by atoms with Crippen LogP contribution < -0.4 is 5.73 Å². The smallest absolute Gasteiger partial charge is 0.0446 e. The van der Waals surface area contributed by atoms with Crippen molar-refractivity contribution in [2.24, 2.45) is 0 Å². The summed E-state index contributed by atoms with van der Waals surface area (Å²) in [5.74, 6) is 1.91. The van der Waals surface area contributed by atoms with Crippen molar-refractivity contribution in [3.63, 3.8) is 0 Å². The van der Waals surface area contributed by atoms with Crippen molar-refractivity contribution < 1.29 is 0 Å². The molecule has 2 aromatic carbocycles. The molecule has 0 aliphatic rings. The van der Waals surface area contributed by atoms with Crippen LogP contribution in [0.5, 0.6) is 0 Å². The molecule has 0 atom stereocenters. The minimum Gasteiger partial charge on any atom is -0.399 e. The monoisotopic (exact) mass is 263 g/mol. The summed E-state index contributed by atoms with van der Waals surface area (Å²) in [5, 5.41) is 0.845. The fourth-order valence-electron chi connectivity index (χ4n) is 1.51. The molecule has 0 heterocycles. The van der Waals surface area contributed by atoms with E-state index < -0.39 is 0 Å². The number of nitrogen functional groups attached to an aromatic ring is 1. The average molecular weight is 264 g/mol. The van der Waals surface area contributed by atoms with Gasteiger partial charge < -0.3 is 5.73 Å². The molecule has 0 aliphatic heterocycles. The average Bonchev–Trinajstić information content (AvgIpc) is 2.34. The zero-order valence-corrected chi connectivity index (χ0v) is 11.0. The maximum Gasteiger partial charge on any atom is 0.0446 e. The minimum absolute atomic E-state index is 0.810. The maximum absolute atomic E-state index is 6.10. The van der Waals surface area contributed by atoms with E-state index in [4.69, 9.17) is 17.3 Å². The zero-order valence-electron chi connectivity index (χ0n) is 9.40. The molecule has 0 spiro atoms. The highest BCUT2D eigenvalue weighted by Gasteiger charge is 1.99. The maximum atomic E-state index is 6.10. The van der Waals surface area contributed by atoms with E-state index in [0.717, 1.165) is 22.2 Å². The van der Waals surface area contributed by atoms with Crippen LogP contribution in [0.4, 0.5) is 5.69 Å². The lowest BCUT2D eigenvalue weighted by Gasteiger charge is -2.04. The summed E-state index contributed by atoms with van der Waals surface area (Å²) in [7, 11) is 0. The second kappa shape index (κ2) is 5.99. The van der Waals surface area contributed by atoms with E-state index in [1.54, 1.807) is 0 Å². The molecule has 0 bridgehead atoms. The Morgan fingerprint density at radius 3 is 2.35 bits per heavy atom.